The molecule has 6 heteroatoms. The normalized spacial score (nSPS) is 10.4. The van der Waals surface area contributed by atoms with Crippen LogP contribution in [0.25, 0.3) is 5.65 Å². The van der Waals surface area contributed by atoms with Crippen LogP contribution in [0.3, 0.4) is 0 Å². The number of methoxy groups -OCH3 is 1. The van der Waals surface area contributed by atoms with Gasteiger partial charge in [0.2, 0.25) is 0 Å². The Bertz CT molecular complexity index is 491. The number of carbonyl (C=O) groups is 1. The summed E-state index contributed by atoms with van der Waals surface area (Å²) in [5.74, 6) is -0.175. The number of aromatic nitrogens is 3. The molecule has 0 aliphatic rings. The number of ether oxygens (including phenoxy) is 1. The quantitative estimate of drug-likeness (QED) is 0.648. The zero-order valence-corrected chi connectivity index (χ0v) is 7.47. The third-order valence-corrected chi connectivity index (χ3v) is 1.85. The molecule has 2 aromatic rings. The highest BCUT2D eigenvalue weighted by atomic mass is 16.5. The second-order valence-corrected chi connectivity index (χ2v) is 2.64. The van der Waals surface area contributed by atoms with E-state index in [1.807, 2.05) is 0 Å². The fourth-order valence-corrected chi connectivity index (χ4v) is 1.19. The molecule has 2 heterocycles. The van der Waals surface area contributed by atoms with E-state index in [0.29, 0.717) is 11.3 Å². The van der Waals surface area contributed by atoms with E-state index in [2.05, 4.69) is 14.7 Å². The molecule has 0 saturated heterocycles. The molecule has 0 atom stereocenters. The molecule has 0 saturated carbocycles. The van der Waals surface area contributed by atoms with E-state index in [0.717, 1.165) is 0 Å². The maximum Gasteiger partial charge on any atom is 0.356 e. The third-order valence-electron chi connectivity index (χ3n) is 1.85. The Hall–Kier alpha value is -2.11. The SMILES string of the molecule is COC(=O)c1cnc2c(N)nccn12. The molecule has 0 aromatic carbocycles. The fourth-order valence-electron chi connectivity index (χ4n) is 1.19. The Balaban J connectivity index is 2.70. The number of imidazole rings is 1. The van der Waals surface area contributed by atoms with Crippen molar-refractivity contribution < 1.29 is 9.53 Å². The largest absolute Gasteiger partial charge is 0.464 e. The van der Waals surface area contributed by atoms with Gasteiger partial charge in [0.15, 0.2) is 17.2 Å². The minimum absolute atomic E-state index is 0.280. The number of anilines is 1. The molecule has 0 fully saturated rings. The summed E-state index contributed by atoms with van der Waals surface area (Å²) in [6, 6.07) is 0. The molecule has 0 unspecified atom stereocenters. The lowest BCUT2D eigenvalue weighted by Crippen LogP contribution is -2.06. The van der Waals surface area contributed by atoms with Gasteiger partial charge in [-0.1, -0.05) is 0 Å². The van der Waals surface area contributed by atoms with Crippen molar-refractivity contribution in [2.75, 3.05) is 12.8 Å². The minimum Gasteiger partial charge on any atom is -0.464 e. The molecular weight excluding hydrogens is 184 g/mol. The van der Waals surface area contributed by atoms with Crippen LogP contribution in [0.1, 0.15) is 10.5 Å². The molecule has 0 aliphatic heterocycles. The zero-order chi connectivity index (χ0) is 10.1. The summed E-state index contributed by atoms with van der Waals surface area (Å²) in [6.45, 7) is 0. The Kier molecular flexibility index (Phi) is 1.81. The second kappa shape index (κ2) is 2.99. The van der Waals surface area contributed by atoms with Crippen LogP contribution in [0, 0.1) is 0 Å². The molecule has 72 valence electrons. The molecule has 0 aliphatic carbocycles. The molecule has 0 amide bonds. The van der Waals surface area contributed by atoms with Crippen LogP contribution in [-0.4, -0.2) is 27.4 Å². The predicted octanol–water partition coefficient (Wildman–Crippen LogP) is 0.0981. The Morgan fingerprint density at radius 1 is 1.57 bits per heavy atom. The first-order valence-corrected chi connectivity index (χ1v) is 3.90. The number of hydrogen-bond donors (Lipinski definition) is 1. The maximum absolute atomic E-state index is 11.3. The van der Waals surface area contributed by atoms with E-state index in [9.17, 15) is 4.79 Å². The van der Waals surface area contributed by atoms with E-state index in [4.69, 9.17) is 5.73 Å². The highest BCUT2D eigenvalue weighted by molar-refractivity contribution is 5.88. The van der Waals surface area contributed by atoms with Crippen LogP contribution in [0.5, 0.6) is 0 Å². The molecule has 0 bridgehead atoms. The first-order chi connectivity index (χ1) is 6.74. The van der Waals surface area contributed by atoms with E-state index < -0.39 is 5.97 Å². The van der Waals surface area contributed by atoms with Gasteiger partial charge in [0.05, 0.1) is 13.3 Å². The monoisotopic (exact) mass is 192 g/mol. The van der Waals surface area contributed by atoms with Crippen LogP contribution in [0.15, 0.2) is 18.6 Å². The molecular formula is C8H8N4O2. The van der Waals surface area contributed by atoms with Gasteiger partial charge in [-0.05, 0) is 0 Å². The van der Waals surface area contributed by atoms with E-state index >= 15 is 0 Å². The first kappa shape index (κ1) is 8.49. The summed E-state index contributed by atoms with van der Waals surface area (Å²) in [6.07, 6.45) is 4.50. The highest BCUT2D eigenvalue weighted by Crippen LogP contribution is 2.11. The smallest absolute Gasteiger partial charge is 0.356 e. The molecule has 0 spiro atoms. The van der Waals surface area contributed by atoms with Gasteiger partial charge in [0.1, 0.15) is 0 Å². The molecule has 2 rings (SSSR count). The number of nitrogen functional groups attached to an aromatic ring is 1. The summed E-state index contributed by atoms with van der Waals surface area (Å²) in [4.78, 5) is 19.1. The maximum atomic E-state index is 11.3. The summed E-state index contributed by atoms with van der Waals surface area (Å²) >= 11 is 0. The van der Waals surface area contributed by atoms with Gasteiger partial charge in [-0.25, -0.2) is 14.8 Å². The number of esters is 1. The number of nitrogens with two attached hydrogens (primary N) is 1. The van der Waals surface area contributed by atoms with Gasteiger partial charge >= 0.3 is 5.97 Å². The highest BCUT2D eigenvalue weighted by Gasteiger charge is 2.13. The molecule has 14 heavy (non-hydrogen) atoms. The molecule has 6 nitrogen and oxygen atoms in total. The third kappa shape index (κ3) is 1.08. The van der Waals surface area contributed by atoms with Crippen LogP contribution in [-0.2, 0) is 4.74 Å². The van der Waals surface area contributed by atoms with Gasteiger partial charge in [-0.2, -0.15) is 0 Å². The predicted molar refractivity (Wildman–Crippen MR) is 48.7 cm³/mol. The van der Waals surface area contributed by atoms with E-state index in [1.54, 1.807) is 6.20 Å². The summed E-state index contributed by atoms with van der Waals surface area (Å²) in [5.41, 5.74) is 6.35. The number of nitrogens with zero attached hydrogens (tertiary/aromatic N) is 3. The van der Waals surface area contributed by atoms with Crippen molar-refractivity contribution in [3.8, 4) is 0 Å². The van der Waals surface area contributed by atoms with Crippen LogP contribution in [0.4, 0.5) is 5.82 Å². The van der Waals surface area contributed by atoms with Crippen molar-refractivity contribution in [1.82, 2.24) is 14.4 Å². The van der Waals surface area contributed by atoms with Gasteiger partial charge in [-0.3, -0.25) is 4.40 Å². The van der Waals surface area contributed by atoms with Gasteiger partial charge in [-0.15, -0.1) is 0 Å². The molecule has 2 aromatic heterocycles. The number of carbonyl (C=O) groups excluding carboxylic acids is 1. The Morgan fingerprint density at radius 3 is 3.07 bits per heavy atom. The summed E-state index contributed by atoms with van der Waals surface area (Å²) < 4.78 is 6.12. The number of fused-ring (bicyclic) bond motifs is 1. The van der Waals surface area contributed by atoms with E-state index in [1.165, 1.54) is 23.9 Å². The summed E-state index contributed by atoms with van der Waals surface area (Å²) in [5, 5.41) is 0. The van der Waals surface area contributed by atoms with Crippen molar-refractivity contribution in [1.29, 1.82) is 0 Å². The lowest BCUT2D eigenvalue weighted by atomic mass is 10.5. The van der Waals surface area contributed by atoms with Crippen molar-refractivity contribution in [3.63, 3.8) is 0 Å². The van der Waals surface area contributed by atoms with Crippen LogP contribution in [0.2, 0.25) is 0 Å². The first-order valence-electron chi connectivity index (χ1n) is 3.90. The van der Waals surface area contributed by atoms with Crippen LogP contribution < -0.4 is 5.73 Å². The van der Waals surface area contributed by atoms with E-state index in [-0.39, 0.29) is 5.82 Å². The van der Waals surface area contributed by atoms with Crippen molar-refractivity contribution in [2.45, 2.75) is 0 Å². The minimum atomic E-state index is -0.455. The second-order valence-electron chi connectivity index (χ2n) is 2.64. The zero-order valence-electron chi connectivity index (χ0n) is 7.47. The van der Waals surface area contributed by atoms with Gasteiger partial charge < -0.3 is 10.5 Å². The summed E-state index contributed by atoms with van der Waals surface area (Å²) in [7, 11) is 1.31. The van der Waals surface area contributed by atoms with Gasteiger partial charge in [0.25, 0.3) is 0 Å². The van der Waals surface area contributed by atoms with Crippen molar-refractivity contribution in [2.24, 2.45) is 0 Å². The Labute approximate surface area is 79.3 Å². The average Bonchev–Trinajstić information content (AvgIpc) is 2.62. The average molecular weight is 192 g/mol. The molecule has 2 N–H and O–H groups in total. The standard InChI is InChI=1S/C8H8N4O2/c1-14-8(13)5-4-11-7-6(9)10-2-3-12(5)7/h2-4H,1H3,(H2,9,10). The van der Waals surface area contributed by atoms with Gasteiger partial charge in [0, 0.05) is 12.4 Å². The number of rotatable bonds is 1. The lowest BCUT2D eigenvalue weighted by Gasteiger charge is -1.99. The van der Waals surface area contributed by atoms with Crippen molar-refractivity contribution in [3.05, 3.63) is 24.3 Å². The molecule has 0 radical (unpaired) electrons. The number of hydrogen-bond acceptors (Lipinski definition) is 5. The van der Waals surface area contributed by atoms with Crippen LogP contribution >= 0.6 is 0 Å². The fraction of sp³-hybridized carbons (Fsp3) is 0.125. The Morgan fingerprint density at radius 2 is 2.36 bits per heavy atom. The topological polar surface area (TPSA) is 82.5 Å². The van der Waals surface area contributed by atoms with Crippen molar-refractivity contribution >= 4 is 17.4 Å². The lowest BCUT2D eigenvalue weighted by molar-refractivity contribution is 0.0593.